The third-order valence-corrected chi connectivity index (χ3v) is 1.99. The highest BCUT2D eigenvalue weighted by Crippen LogP contribution is 2.27. The van der Waals surface area contributed by atoms with Crippen LogP contribution in [0.25, 0.3) is 0 Å². The van der Waals surface area contributed by atoms with E-state index in [9.17, 15) is 13.2 Å². The number of hydrogen-bond donors (Lipinski definition) is 1. The first-order valence-electron chi connectivity index (χ1n) is 4.77. The molecule has 1 heterocycles. The van der Waals surface area contributed by atoms with Crippen LogP contribution in [0.2, 0.25) is 0 Å². The van der Waals surface area contributed by atoms with Crippen LogP contribution in [0.3, 0.4) is 0 Å². The summed E-state index contributed by atoms with van der Waals surface area (Å²) in [6, 6.07) is -1.02. The van der Waals surface area contributed by atoms with Crippen molar-refractivity contribution >= 4 is 0 Å². The third kappa shape index (κ3) is 3.91. The number of alkyl halides is 3. The van der Waals surface area contributed by atoms with E-state index >= 15 is 0 Å². The van der Waals surface area contributed by atoms with Crippen molar-refractivity contribution < 1.29 is 13.2 Å². The predicted molar refractivity (Wildman–Crippen MR) is 50.1 cm³/mol. The Hall–Kier alpha value is -1.04. The van der Waals surface area contributed by atoms with Gasteiger partial charge in [0.25, 0.3) is 0 Å². The van der Waals surface area contributed by atoms with E-state index < -0.39 is 18.6 Å². The Kier molecular flexibility index (Phi) is 3.73. The van der Waals surface area contributed by atoms with E-state index in [2.05, 4.69) is 5.10 Å². The molecule has 2 N–H and O–H groups in total. The quantitative estimate of drug-likeness (QED) is 0.847. The molecule has 15 heavy (non-hydrogen) atoms. The Bertz CT molecular complexity index is 306. The molecule has 0 unspecified atom stereocenters. The van der Waals surface area contributed by atoms with Crippen molar-refractivity contribution in [2.24, 2.45) is 5.73 Å². The minimum Gasteiger partial charge on any atom is -0.324 e. The van der Waals surface area contributed by atoms with E-state index in [1.807, 2.05) is 6.92 Å². The number of nitrogens with two attached hydrogens (primary N) is 1. The molecule has 0 fully saturated rings. The van der Waals surface area contributed by atoms with E-state index in [0.29, 0.717) is 12.1 Å². The molecular formula is C9H14F3N3. The zero-order valence-corrected chi connectivity index (χ0v) is 8.46. The smallest absolute Gasteiger partial charge is 0.324 e. The van der Waals surface area contributed by atoms with E-state index in [0.717, 1.165) is 6.42 Å². The molecule has 1 rings (SSSR count). The standard InChI is InChI=1S/C9H14F3N3/c1-2-3-15-6-7(5-14-15)8(13)4-9(10,11)12/h5-6,8H,2-4,13H2,1H3/t8-/m1/s1. The lowest BCUT2D eigenvalue weighted by atomic mass is 10.1. The first-order valence-corrected chi connectivity index (χ1v) is 4.77. The van der Waals surface area contributed by atoms with Crippen molar-refractivity contribution in [1.82, 2.24) is 9.78 Å². The van der Waals surface area contributed by atoms with Gasteiger partial charge in [-0.15, -0.1) is 0 Å². The molecular weight excluding hydrogens is 207 g/mol. The predicted octanol–water partition coefficient (Wildman–Crippen LogP) is 2.25. The molecule has 1 aromatic rings. The highest BCUT2D eigenvalue weighted by molar-refractivity contribution is 5.09. The van der Waals surface area contributed by atoms with Crippen LogP contribution in [0.5, 0.6) is 0 Å². The number of nitrogens with zero attached hydrogens (tertiary/aromatic N) is 2. The summed E-state index contributed by atoms with van der Waals surface area (Å²) in [5.74, 6) is 0. The fourth-order valence-corrected chi connectivity index (χ4v) is 1.29. The lowest BCUT2D eigenvalue weighted by Crippen LogP contribution is -2.19. The maximum atomic E-state index is 12.0. The Labute approximate surface area is 86.1 Å². The van der Waals surface area contributed by atoms with Gasteiger partial charge in [-0.05, 0) is 6.42 Å². The fourth-order valence-electron chi connectivity index (χ4n) is 1.29. The number of halogens is 3. The lowest BCUT2D eigenvalue weighted by molar-refractivity contribution is -0.138. The Balaban J connectivity index is 2.61. The summed E-state index contributed by atoms with van der Waals surface area (Å²) in [4.78, 5) is 0. The SMILES string of the molecule is CCCn1cc([C@H](N)CC(F)(F)F)cn1. The maximum Gasteiger partial charge on any atom is 0.390 e. The molecule has 0 bridgehead atoms. The van der Waals surface area contributed by atoms with E-state index in [-0.39, 0.29) is 0 Å². The van der Waals surface area contributed by atoms with Crippen LogP contribution in [0.15, 0.2) is 12.4 Å². The number of hydrogen-bond acceptors (Lipinski definition) is 2. The van der Waals surface area contributed by atoms with E-state index in [4.69, 9.17) is 5.73 Å². The number of aromatic nitrogens is 2. The van der Waals surface area contributed by atoms with Crippen LogP contribution in [-0.2, 0) is 6.54 Å². The van der Waals surface area contributed by atoms with Gasteiger partial charge in [0.2, 0.25) is 0 Å². The summed E-state index contributed by atoms with van der Waals surface area (Å²) in [7, 11) is 0. The van der Waals surface area contributed by atoms with Crippen molar-refractivity contribution in [3.8, 4) is 0 Å². The van der Waals surface area contributed by atoms with Gasteiger partial charge in [0.1, 0.15) is 0 Å². The maximum absolute atomic E-state index is 12.0. The molecule has 0 aliphatic heterocycles. The molecule has 0 amide bonds. The van der Waals surface area contributed by atoms with Gasteiger partial charge in [0.15, 0.2) is 0 Å². The molecule has 0 radical (unpaired) electrons. The van der Waals surface area contributed by atoms with Crippen LogP contribution in [0, 0.1) is 0 Å². The topological polar surface area (TPSA) is 43.8 Å². The zero-order valence-electron chi connectivity index (χ0n) is 8.46. The zero-order chi connectivity index (χ0) is 11.5. The molecule has 0 aliphatic rings. The summed E-state index contributed by atoms with van der Waals surface area (Å²) < 4.78 is 37.7. The second kappa shape index (κ2) is 4.65. The lowest BCUT2D eigenvalue weighted by Gasteiger charge is -2.11. The average Bonchev–Trinajstić information content (AvgIpc) is 2.50. The van der Waals surface area contributed by atoms with Gasteiger partial charge >= 0.3 is 6.18 Å². The van der Waals surface area contributed by atoms with Gasteiger partial charge in [-0.3, -0.25) is 4.68 Å². The van der Waals surface area contributed by atoms with Crippen molar-refractivity contribution in [2.75, 3.05) is 0 Å². The molecule has 6 heteroatoms. The van der Waals surface area contributed by atoms with Gasteiger partial charge in [0.05, 0.1) is 12.6 Å². The van der Waals surface area contributed by atoms with Crippen molar-refractivity contribution in [1.29, 1.82) is 0 Å². The molecule has 1 atom stereocenters. The van der Waals surface area contributed by atoms with Crippen molar-refractivity contribution in [2.45, 2.75) is 38.5 Å². The van der Waals surface area contributed by atoms with Crippen molar-refractivity contribution in [3.63, 3.8) is 0 Å². The van der Waals surface area contributed by atoms with Gasteiger partial charge in [-0.2, -0.15) is 18.3 Å². The highest BCUT2D eigenvalue weighted by atomic mass is 19.4. The normalized spacial score (nSPS) is 14.2. The summed E-state index contributed by atoms with van der Waals surface area (Å²) in [6.45, 7) is 2.66. The molecule has 1 aromatic heterocycles. The van der Waals surface area contributed by atoms with Gasteiger partial charge < -0.3 is 5.73 Å². The minimum atomic E-state index is -4.23. The molecule has 0 spiro atoms. The number of aryl methyl sites for hydroxylation is 1. The molecule has 0 aromatic carbocycles. The monoisotopic (exact) mass is 221 g/mol. The van der Waals surface area contributed by atoms with Crippen LogP contribution >= 0.6 is 0 Å². The van der Waals surface area contributed by atoms with E-state index in [1.165, 1.54) is 6.20 Å². The summed E-state index contributed by atoms with van der Waals surface area (Å²) in [6.07, 6.45) is -1.39. The summed E-state index contributed by atoms with van der Waals surface area (Å²) >= 11 is 0. The Morgan fingerprint density at radius 1 is 1.53 bits per heavy atom. The van der Waals surface area contributed by atoms with Crippen molar-refractivity contribution in [3.05, 3.63) is 18.0 Å². The molecule has 0 aliphatic carbocycles. The first-order chi connectivity index (χ1) is 6.92. The molecule has 0 saturated carbocycles. The van der Waals surface area contributed by atoms with E-state index in [1.54, 1.807) is 10.9 Å². The highest BCUT2D eigenvalue weighted by Gasteiger charge is 2.31. The van der Waals surface area contributed by atoms with Crippen LogP contribution in [-0.4, -0.2) is 16.0 Å². The molecule has 86 valence electrons. The van der Waals surface area contributed by atoms with Crippen LogP contribution in [0.4, 0.5) is 13.2 Å². The summed E-state index contributed by atoms with van der Waals surface area (Å²) in [5.41, 5.74) is 5.85. The Morgan fingerprint density at radius 3 is 2.73 bits per heavy atom. The fraction of sp³-hybridized carbons (Fsp3) is 0.667. The average molecular weight is 221 g/mol. The third-order valence-electron chi connectivity index (χ3n) is 1.99. The molecule has 0 saturated heterocycles. The second-order valence-electron chi connectivity index (χ2n) is 3.46. The number of rotatable bonds is 4. The minimum absolute atomic E-state index is 0.431. The van der Waals surface area contributed by atoms with Gasteiger partial charge in [-0.25, -0.2) is 0 Å². The molecule has 3 nitrogen and oxygen atoms in total. The summed E-state index contributed by atoms with van der Waals surface area (Å²) in [5, 5.41) is 3.93. The van der Waals surface area contributed by atoms with Gasteiger partial charge in [-0.1, -0.05) is 6.92 Å². The second-order valence-corrected chi connectivity index (χ2v) is 3.46. The largest absolute Gasteiger partial charge is 0.390 e. The Morgan fingerprint density at radius 2 is 2.20 bits per heavy atom. The van der Waals surface area contributed by atoms with Crippen LogP contribution in [0.1, 0.15) is 31.4 Å². The van der Waals surface area contributed by atoms with Crippen LogP contribution < -0.4 is 5.73 Å². The van der Waals surface area contributed by atoms with Gasteiger partial charge in [0, 0.05) is 24.3 Å². The first kappa shape index (κ1) is 12.0.